The van der Waals surface area contributed by atoms with Gasteiger partial charge < -0.3 is 4.74 Å². The van der Waals surface area contributed by atoms with Gasteiger partial charge in [0.15, 0.2) is 0 Å². The van der Waals surface area contributed by atoms with E-state index in [1.54, 1.807) is 20.9 Å². The van der Waals surface area contributed by atoms with Crippen LogP contribution in [0.4, 0.5) is 0 Å². The van der Waals surface area contributed by atoms with Crippen LogP contribution in [0.5, 0.6) is 0 Å². The molecule has 0 saturated heterocycles. The fourth-order valence-corrected chi connectivity index (χ4v) is 8.91. The Morgan fingerprint density at radius 2 is 1.32 bits per heavy atom. The smallest absolute Gasteiger partial charge is 0.0466 e. The van der Waals surface area contributed by atoms with Crippen LogP contribution in [0, 0.1) is 0 Å². The van der Waals surface area contributed by atoms with Gasteiger partial charge in [-0.1, -0.05) is 67.9 Å². The van der Waals surface area contributed by atoms with Gasteiger partial charge in [-0.15, -0.1) is 22.7 Å². The summed E-state index contributed by atoms with van der Waals surface area (Å²) < 4.78 is 5.62. The molecule has 2 aromatic heterocycles. The van der Waals surface area contributed by atoms with Gasteiger partial charge in [-0.25, -0.2) is 0 Å². The van der Waals surface area contributed by atoms with Gasteiger partial charge in [0.25, 0.3) is 0 Å². The van der Waals surface area contributed by atoms with Crippen LogP contribution < -0.4 is 0 Å². The van der Waals surface area contributed by atoms with Crippen LogP contribution in [0.15, 0.2) is 60.7 Å². The fraction of sp³-hybridized carbons (Fsp3) is 0.294. The van der Waals surface area contributed by atoms with Gasteiger partial charge in [0.2, 0.25) is 0 Å². The topological polar surface area (TPSA) is 9.23 Å². The lowest BCUT2D eigenvalue weighted by Crippen LogP contribution is -1.94. The van der Waals surface area contributed by atoms with Crippen LogP contribution in [0.2, 0.25) is 0 Å². The lowest BCUT2D eigenvalue weighted by Gasteiger charge is -2.09. The molecule has 5 aromatic rings. The molecular weight excluding hydrogens is 489 g/mol. The van der Waals surface area contributed by atoms with E-state index >= 15 is 0 Å². The number of hydrogen-bond donors (Lipinski definition) is 0. The molecular formula is C34H32OS2. The Morgan fingerprint density at radius 1 is 0.649 bits per heavy atom. The summed E-state index contributed by atoms with van der Waals surface area (Å²) in [5.41, 5.74) is 11.6. The van der Waals surface area contributed by atoms with E-state index in [4.69, 9.17) is 4.74 Å². The maximum Gasteiger partial charge on any atom is 0.0466 e. The standard InChI is InChI=1S/C34H32OS2/c1-3-5-13-27-32-23-16-15-22-26-20-29(21-11-7-6-8-12-21)37-34(26)25-18-17-24(31(23)30(22)25)33(32)28(36-27)14-9-10-19-35-4-2/h6-8,11-12,15-18,20H,3-5,9-10,13-14,19H2,1-2H3. The molecule has 2 aliphatic carbocycles. The number of ether oxygens (including phenoxy) is 1. The Morgan fingerprint density at radius 3 is 2.05 bits per heavy atom. The van der Waals surface area contributed by atoms with Gasteiger partial charge in [-0.3, -0.25) is 0 Å². The summed E-state index contributed by atoms with van der Waals surface area (Å²) in [5.74, 6) is 0. The van der Waals surface area contributed by atoms with Crippen molar-refractivity contribution in [1.82, 2.24) is 0 Å². The summed E-state index contributed by atoms with van der Waals surface area (Å²) in [4.78, 5) is 5.99. The lowest BCUT2D eigenvalue weighted by molar-refractivity contribution is 0.143. The average Bonchev–Trinajstić information content (AvgIpc) is 3.67. The van der Waals surface area contributed by atoms with Gasteiger partial charge in [0.05, 0.1) is 0 Å². The minimum atomic E-state index is 0.815. The number of hydrogen-bond acceptors (Lipinski definition) is 3. The number of rotatable bonds is 10. The molecule has 0 spiro atoms. The molecule has 1 nitrogen and oxygen atoms in total. The molecule has 2 heterocycles. The molecule has 0 fully saturated rings. The fourth-order valence-electron chi connectivity index (χ4n) is 6.28. The van der Waals surface area contributed by atoms with E-state index in [2.05, 4.69) is 85.8 Å². The molecule has 0 unspecified atom stereocenters. The molecule has 3 aromatic carbocycles. The molecule has 0 saturated carbocycles. The molecule has 0 aliphatic heterocycles. The first-order valence-electron chi connectivity index (χ1n) is 13.8. The Kier molecular flexibility index (Phi) is 6.04. The Hall–Kier alpha value is -2.72. The summed E-state index contributed by atoms with van der Waals surface area (Å²) in [6, 6.07) is 23.0. The van der Waals surface area contributed by atoms with Crippen LogP contribution in [-0.4, -0.2) is 13.2 Å². The molecule has 2 aliphatic rings. The minimum absolute atomic E-state index is 0.815. The molecule has 186 valence electrons. The van der Waals surface area contributed by atoms with Gasteiger partial charge in [-0.2, -0.15) is 0 Å². The minimum Gasteiger partial charge on any atom is -0.382 e. The highest BCUT2D eigenvalue weighted by Crippen LogP contribution is 2.61. The SMILES string of the molecule is CCCCc1sc(CCCCOCC)c2c1-c1ccc3c4c(ccc-2c14)-c1sc(-c2ccccc2)cc1-3. The highest BCUT2D eigenvalue weighted by Gasteiger charge is 2.34. The number of aryl methyl sites for hydroxylation is 2. The van der Waals surface area contributed by atoms with Gasteiger partial charge in [0.1, 0.15) is 0 Å². The van der Waals surface area contributed by atoms with E-state index in [0.29, 0.717) is 0 Å². The third-order valence-corrected chi connectivity index (χ3v) is 10.5. The first kappa shape index (κ1) is 23.4. The zero-order valence-electron chi connectivity index (χ0n) is 21.7. The zero-order valence-corrected chi connectivity index (χ0v) is 23.3. The number of fused-ring (bicyclic) bond motifs is 6. The first-order chi connectivity index (χ1) is 18.3. The quantitative estimate of drug-likeness (QED) is 0.163. The number of benzene rings is 3. The molecule has 3 heteroatoms. The monoisotopic (exact) mass is 520 g/mol. The van der Waals surface area contributed by atoms with Gasteiger partial charge in [0, 0.05) is 55.0 Å². The second kappa shape index (κ2) is 9.54. The highest BCUT2D eigenvalue weighted by molar-refractivity contribution is 7.19. The average molecular weight is 521 g/mol. The van der Waals surface area contributed by atoms with E-state index in [1.807, 2.05) is 11.3 Å². The Balaban J connectivity index is 1.33. The van der Waals surface area contributed by atoms with Crippen molar-refractivity contribution in [3.8, 4) is 54.3 Å². The molecule has 7 rings (SSSR count). The van der Waals surface area contributed by atoms with Crippen LogP contribution in [-0.2, 0) is 17.6 Å². The first-order valence-corrected chi connectivity index (χ1v) is 15.5. The summed E-state index contributed by atoms with van der Waals surface area (Å²) in [6.45, 7) is 6.08. The Bertz CT molecular complexity index is 1590. The Labute approximate surface area is 227 Å². The summed E-state index contributed by atoms with van der Waals surface area (Å²) in [6.07, 6.45) is 7.19. The van der Waals surface area contributed by atoms with Crippen LogP contribution >= 0.6 is 22.7 Å². The predicted molar refractivity (Wildman–Crippen MR) is 162 cm³/mol. The summed E-state index contributed by atoms with van der Waals surface area (Å²) >= 11 is 4.04. The lowest BCUT2D eigenvalue weighted by atomic mass is 9.97. The highest BCUT2D eigenvalue weighted by atomic mass is 32.1. The molecule has 0 radical (unpaired) electrons. The van der Waals surface area contributed by atoms with Gasteiger partial charge >= 0.3 is 0 Å². The predicted octanol–water partition coefficient (Wildman–Crippen LogP) is 10.6. The molecule has 0 bridgehead atoms. The van der Waals surface area contributed by atoms with Crippen molar-refractivity contribution in [1.29, 1.82) is 0 Å². The van der Waals surface area contributed by atoms with E-state index in [9.17, 15) is 0 Å². The van der Waals surface area contributed by atoms with E-state index in [1.165, 1.54) is 79.6 Å². The molecule has 37 heavy (non-hydrogen) atoms. The molecule has 0 atom stereocenters. The zero-order chi connectivity index (χ0) is 24.9. The van der Waals surface area contributed by atoms with Crippen molar-refractivity contribution in [3.63, 3.8) is 0 Å². The van der Waals surface area contributed by atoms with Crippen LogP contribution in [0.1, 0.15) is 49.3 Å². The number of thiophene rings is 2. The van der Waals surface area contributed by atoms with E-state index in [0.717, 1.165) is 26.1 Å². The number of unbranched alkanes of at least 4 members (excludes halogenated alkanes) is 2. The molecule has 0 amide bonds. The van der Waals surface area contributed by atoms with Crippen molar-refractivity contribution in [2.24, 2.45) is 0 Å². The maximum atomic E-state index is 5.62. The van der Waals surface area contributed by atoms with Gasteiger partial charge in [-0.05, 0) is 78.1 Å². The summed E-state index contributed by atoms with van der Waals surface area (Å²) in [5, 5.41) is 2.99. The second-order valence-corrected chi connectivity index (χ2v) is 12.5. The van der Waals surface area contributed by atoms with E-state index < -0.39 is 0 Å². The summed E-state index contributed by atoms with van der Waals surface area (Å²) in [7, 11) is 0. The third-order valence-electron chi connectivity index (χ3n) is 7.98. The third kappa shape index (κ3) is 3.66. The molecule has 0 N–H and O–H groups in total. The van der Waals surface area contributed by atoms with E-state index in [-0.39, 0.29) is 0 Å². The van der Waals surface area contributed by atoms with Crippen molar-refractivity contribution >= 4 is 33.4 Å². The maximum absolute atomic E-state index is 5.62. The van der Waals surface area contributed by atoms with Crippen LogP contribution in [0.25, 0.3) is 65.0 Å². The normalized spacial score (nSPS) is 12.5. The van der Waals surface area contributed by atoms with Crippen molar-refractivity contribution in [2.75, 3.05) is 13.2 Å². The van der Waals surface area contributed by atoms with Crippen molar-refractivity contribution < 1.29 is 4.74 Å². The largest absolute Gasteiger partial charge is 0.382 e. The second-order valence-electron chi connectivity index (χ2n) is 10.2. The van der Waals surface area contributed by atoms with Crippen molar-refractivity contribution in [2.45, 2.75) is 52.4 Å². The van der Waals surface area contributed by atoms with Crippen molar-refractivity contribution in [3.05, 3.63) is 70.4 Å². The van der Waals surface area contributed by atoms with Crippen LogP contribution in [0.3, 0.4) is 0 Å².